The van der Waals surface area contributed by atoms with Crippen molar-refractivity contribution in [2.45, 2.75) is 19.3 Å². The van der Waals surface area contributed by atoms with Gasteiger partial charge in [-0.05, 0) is 25.5 Å². The molecule has 0 aliphatic heterocycles. The Morgan fingerprint density at radius 1 is 1.14 bits per heavy atom. The molecule has 0 spiro atoms. The molecule has 0 bridgehead atoms. The number of nitrogens with zero attached hydrogens (tertiary/aromatic N) is 5. The van der Waals surface area contributed by atoms with Crippen molar-refractivity contribution in [2.24, 2.45) is 5.92 Å². The second kappa shape index (κ2) is 7.78. The second-order valence-corrected chi connectivity index (χ2v) is 6.76. The highest BCUT2D eigenvalue weighted by molar-refractivity contribution is 5.85. The molecule has 0 amide bonds. The van der Waals surface area contributed by atoms with Crippen molar-refractivity contribution in [3.8, 4) is 22.9 Å². The highest BCUT2D eigenvalue weighted by Crippen LogP contribution is 2.47. The Bertz CT molecular complexity index is 1020. The molecular weight excluding hydrogens is 374 g/mol. The largest absolute Gasteiger partial charge is 0.495 e. The van der Waals surface area contributed by atoms with Crippen molar-refractivity contribution >= 4 is 5.97 Å². The fourth-order valence-electron chi connectivity index (χ4n) is 3.02. The second-order valence-electron chi connectivity index (χ2n) is 6.76. The molecule has 1 N–H and O–H groups in total. The molecule has 148 valence electrons. The van der Waals surface area contributed by atoms with Gasteiger partial charge in [0, 0.05) is 23.7 Å². The van der Waals surface area contributed by atoms with E-state index in [1.54, 1.807) is 26.4 Å². The molecule has 9 nitrogen and oxygen atoms in total. The van der Waals surface area contributed by atoms with E-state index >= 15 is 0 Å². The number of hydrogen-bond donors (Lipinski definition) is 1. The SMILES string of the molecule is COc1ccc(C2CC2COc2nc(C)ncc2-c2cnc(C(=O)O)cn2)nc1. The van der Waals surface area contributed by atoms with Gasteiger partial charge in [0.05, 0.1) is 43.6 Å². The zero-order chi connectivity index (χ0) is 20.4. The number of aryl methyl sites for hydroxylation is 1. The van der Waals surface area contributed by atoms with E-state index in [-0.39, 0.29) is 5.69 Å². The van der Waals surface area contributed by atoms with E-state index in [0.717, 1.165) is 17.9 Å². The van der Waals surface area contributed by atoms with Crippen molar-refractivity contribution in [1.29, 1.82) is 0 Å². The summed E-state index contributed by atoms with van der Waals surface area (Å²) < 4.78 is 11.1. The highest BCUT2D eigenvalue weighted by Gasteiger charge is 2.40. The fraction of sp³-hybridized carbons (Fsp3) is 0.300. The van der Waals surface area contributed by atoms with Gasteiger partial charge in [-0.25, -0.2) is 14.8 Å². The smallest absolute Gasteiger partial charge is 0.356 e. The topological polar surface area (TPSA) is 120 Å². The average molecular weight is 393 g/mol. The van der Waals surface area contributed by atoms with Crippen molar-refractivity contribution < 1.29 is 19.4 Å². The molecule has 29 heavy (non-hydrogen) atoms. The van der Waals surface area contributed by atoms with Crippen LogP contribution in [0.2, 0.25) is 0 Å². The van der Waals surface area contributed by atoms with E-state index in [4.69, 9.17) is 14.6 Å². The zero-order valence-electron chi connectivity index (χ0n) is 15.9. The molecule has 0 aromatic carbocycles. The number of pyridine rings is 1. The van der Waals surface area contributed by atoms with Crippen LogP contribution in [0.3, 0.4) is 0 Å². The Balaban J connectivity index is 1.46. The molecule has 4 rings (SSSR count). The predicted molar refractivity (Wildman–Crippen MR) is 102 cm³/mol. The predicted octanol–water partition coefficient (Wildman–Crippen LogP) is 2.53. The molecule has 0 saturated heterocycles. The Hall–Kier alpha value is -3.62. The Kier molecular flexibility index (Phi) is 5.03. The van der Waals surface area contributed by atoms with Crippen LogP contribution in [0, 0.1) is 12.8 Å². The average Bonchev–Trinajstić information content (AvgIpc) is 3.52. The van der Waals surface area contributed by atoms with Gasteiger partial charge in [0.25, 0.3) is 0 Å². The van der Waals surface area contributed by atoms with E-state index in [1.165, 1.54) is 12.4 Å². The van der Waals surface area contributed by atoms with Gasteiger partial charge >= 0.3 is 5.97 Å². The van der Waals surface area contributed by atoms with Gasteiger partial charge in [-0.2, -0.15) is 4.98 Å². The first-order valence-corrected chi connectivity index (χ1v) is 9.07. The number of hydrogen-bond acceptors (Lipinski definition) is 8. The molecular formula is C20H19N5O4. The number of rotatable bonds is 7. The lowest BCUT2D eigenvalue weighted by Gasteiger charge is -2.10. The fourth-order valence-corrected chi connectivity index (χ4v) is 3.02. The van der Waals surface area contributed by atoms with Crippen LogP contribution < -0.4 is 9.47 Å². The Labute approximate surface area is 166 Å². The van der Waals surface area contributed by atoms with Crippen LogP contribution in [0.5, 0.6) is 11.6 Å². The van der Waals surface area contributed by atoms with Crippen LogP contribution in [-0.2, 0) is 0 Å². The molecule has 3 aromatic rings. The molecule has 1 aliphatic rings. The number of aromatic nitrogens is 5. The quantitative estimate of drug-likeness (QED) is 0.645. The third-order valence-corrected chi connectivity index (χ3v) is 4.75. The Morgan fingerprint density at radius 2 is 2.00 bits per heavy atom. The minimum Gasteiger partial charge on any atom is -0.495 e. The normalized spacial score (nSPS) is 17.6. The van der Waals surface area contributed by atoms with Crippen molar-refractivity contribution in [3.05, 3.63) is 54.1 Å². The van der Waals surface area contributed by atoms with Gasteiger partial charge in [-0.1, -0.05) is 0 Å². The van der Waals surface area contributed by atoms with E-state index in [1.807, 2.05) is 12.1 Å². The summed E-state index contributed by atoms with van der Waals surface area (Å²) in [5.74, 6) is 1.28. The lowest BCUT2D eigenvalue weighted by molar-refractivity contribution is 0.0690. The molecule has 3 heterocycles. The molecule has 3 aromatic heterocycles. The lowest BCUT2D eigenvalue weighted by atomic mass is 10.2. The number of carboxylic acids is 1. The minimum atomic E-state index is -1.13. The minimum absolute atomic E-state index is 0.128. The summed E-state index contributed by atoms with van der Waals surface area (Å²) in [6.07, 6.45) is 6.90. The maximum atomic E-state index is 11.0. The molecule has 9 heteroatoms. The summed E-state index contributed by atoms with van der Waals surface area (Å²) in [4.78, 5) is 32.0. The van der Waals surface area contributed by atoms with Gasteiger partial charge < -0.3 is 14.6 Å². The van der Waals surface area contributed by atoms with E-state index in [0.29, 0.717) is 41.4 Å². The van der Waals surface area contributed by atoms with Crippen molar-refractivity contribution in [2.75, 3.05) is 13.7 Å². The van der Waals surface area contributed by atoms with Crippen LogP contribution >= 0.6 is 0 Å². The van der Waals surface area contributed by atoms with Gasteiger partial charge in [0.15, 0.2) is 5.69 Å². The van der Waals surface area contributed by atoms with Crippen LogP contribution in [0.25, 0.3) is 11.3 Å². The summed E-state index contributed by atoms with van der Waals surface area (Å²) in [6.45, 7) is 2.26. The van der Waals surface area contributed by atoms with Crippen molar-refractivity contribution in [1.82, 2.24) is 24.9 Å². The maximum absolute atomic E-state index is 11.0. The highest BCUT2D eigenvalue weighted by atomic mass is 16.5. The molecule has 1 aliphatic carbocycles. The molecule has 1 saturated carbocycles. The van der Waals surface area contributed by atoms with Gasteiger partial charge in [-0.3, -0.25) is 9.97 Å². The summed E-state index contributed by atoms with van der Waals surface area (Å²) in [7, 11) is 1.62. The number of aromatic carboxylic acids is 1. The van der Waals surface area contributed by atoms with E-state index < -0.39 is 5.97 Å². The summed E-state index contributed by atoms with van der Waals surface area (Å²) in [6, 6.07) is 3.88. The standard InChI is InChI=1S/C20H19N5O4/c1-11-21-7-15(17-8-24-18(9-23-17)20(26)27)19(25-11)29-10-12-5-14(12)16-4-3-13(28-2)6-22-16/h3-4,6-9,12,14H,5,10H2,1-2H3,(H,26,27). The third kappa shape index (κ3) is 4.13. The van der Waals surface area contributed by atoms with Gasteiger partial charge in [0.2, 0.25) is 5.88 Å². The lowest BCUT2D eigenvalue weighted by Crippen LogP contribution is -2.07. The van der Waals surface area contributed by atoms with Crippen LogP contribution in [0.1, 0.15) is 34.3 Å². The monoisotopic (exact) mass is 393 g/mol. The van der Waals surface area contributed by atoms with Gasteiger partial charge in [0.1, 0.15) is 11.6 Å². The number of methoxy groups -OCH3 is 1. The van der Waals surface area contributed by atoms with E-state index in [9.17, 15) is 4.79 Å². The first kappa shape index (κ1) is 18.7. The molecule has 2 atom stereocenters. The Morgan fingerprint density at radius 3 is 2.66 bits per heavy atom. The van der Waals surface area contributed by atoms with E-state index in [2.05, 4.69) is 24.9 Å². The first-order valence-electron chi connectivity index (χ1n) is 9.07. The summed E-state index contributed by atoms with van der Waals surface area (Å²) in [5, 5.41) is 8.97. The summed E-state index contributed by atoms with van der Waals surface area (Å²) >= 11 is 0. The molecule has 1 fully saturated rings. The van der Waals surface area contributed by atoms with Crippen LogP contribution in [-0.4, -0.2) is 49.7 Å². The number of carboxylic acid groups (broad SMARTS) is 1. The maximum Gasteiger partial charge on any atom is 0.356 e. The third-order valence-electron chi connectivity index (χ3n) is 4.75. The number of carbonyl (C=O) groups is 1. The summed E-state index contributed by atoms with van der Waals surface area (Å²) in [5.41, 5.74) is 1.92. The van der Waals surface area contributed by atoms with Crippen molar-refractivity contribution in [3.63, 3.8) is 0 Å². The first-order chi connectivity index (χ1) is 14.0. The zero-order valence-corrected chi connectivity index (χ0v) is 15.9. The van der Waals surface area contributed by atoms with Crippen LogP contribution in [0.4, 0.5) is 0 Å². The molecule has 0 radical (unpaired) electrons. The number of ether oxygens (including phenoxy) is 2. The van der Waals surface area contributed by atoms with Gasteiger partial charge in [-0.15, -0.1) is 0 Å². The van der Waals surface area contributed by atoms with Crippen LogP contribution in [0.15, 0.2) is 36.9 Å². The molecule has 2 unspecified atom stereocenters.